The lowest BCUT2D eigenvalue weighted by atomic mass is 10.0. The van der Waals surface area contributed by atoms with Gasteiger partial charge in [0.05, 0.1) is 27.8 Å². The third kappa shape index (κ3) is 6.49. The zero-order valence-corrected chi connectivity index (χ0v) is 22.6. The molecule has 38 heavy (non-hydrogen) atoms. The van der Waals surface area contributed by atoms with Crippen molar-refractivity contribution in [2.75, 3.05) is 28.6 Å². The van der Waals surface area contributed by atoms with Crippen molar-refractivity contribution in [2.45, 2.75) is 58.6 Å². The van der Waals surface area contributed by atoms with Gasteiger partial charge in [0.2, 0.25) is 0 Å². The fourth-order valence-electron chi connectivity index (χ4n) is 4.34. The largest absolute Gasteiger partial charge is 0.465 e. The Hall–Kier alpha value is -3.93. The molecule has 0 bridgehead atoms. The molecule has 0 radical (unpaired) electrons. The van der Waals surface area contributed by atoms with Gasteiger partial charge >= 0.3 is 12.2 Å². The number of aromatic nitrogens is 2. The second kappa shape index (κ2) is 11.2. The minimum Gasteiger partial charge on any atom is -0.465 e. The second-order valence-electron chi connectivity index (χ2n) is 10.1. The van der Waals surface area contributed by atoms with Crippen LogP contribution in [-0.2, 0) is 11.2 Å². The van der Waals surface area contributed by atoms with Gasteiger partial charge in [-0.3, -0.25) is 20.1 Å². The standard InChI is InChI=1S/C26H32N6O5S/c1-5-15-11-19-21(28-12-15)20(23(38-19)31-25(36)37-26(2,3)4)22(33)30-17-13-27-9-8-18(17)32-10-6-7-16(14-32)29-24(34)35/h8-9,11-13,16,29H,5-7,10,14H2,1-4H3,(H,30,33)(H,31,36)(H,34,35)/t16-/m0/s1. The fourth-order valence-corrected chi connectivity index (χ4v) is 5.45. The Balaban J connectivity index is 1.65. The lowest BCUT2D eigenvalue weighted by molar-refractivity contribution is 0.0636. The Morgan fingerprint density at radius 2 is 2.03 bits per heavy atom. The number of amides is 3. The molecule has 202 valence electrons. The van der Waals surface area contributed by atoms with E-state index < -0.39 is 23.7 Å². The summed E-state index contributed by atoms with van der Waals surface area (Å²) in [5, 5.41) is 17.7. The maximum Gasteiger partial charge on any atom is 0.412 e. The van der Waals surface area contributed by atoms with Crippen LogP contribution < -0.4 is 20.9 Å². The van der Waals surface area contributed by atoms with E-state index in [9.17, 15) is 14.4 Å². The number of aryl methyl sites for hydroxylation is 1. The molecule has 1 aliphatic rings. The van der Waals surface area contributed by atoms with E-state index in [1.807, 2.05) is 17.9 Å². The fraction of sp³-hybridized carbons (Fsp3) is 0.423. The molecule has 0 spiro atoms. The lowest BCUT2D eigenvalue weighted by Gasteiger charge is -2.35. The van der Waals surface area contributed by atoms with Crippen LogP contribution in [0.1, 0.15) is 56.5 Å². The summed E-state index contributed by atoms with van der Waals surface area (Å²) in [4.78, 5) is 48.2. The number of nitrogens with one attached hydrogen (secondary N) is 3. The van der Waals surface area contributed by atoms with Crippen LogP contribution in [0.2, 0.25) is 0 Å². The molecule has 3 aromatic rings. The van der Waals surface area contributed by atoms with E-state index in [1.165, 1.54) is 11.3 Å². The lowest BCUT2D eigenvalue weighted by Crippen LogP contribution is -2.47. The molecule has 0 aliphatic carbocycles. The van der Waals surface area contributed by atoms with Gasteiger partial charge in [0.25, 0.3) is 5.91 Å². The van der Waals surface area contributed by atoms with Gasteiger partial charge in [-0.1, -0.05) is 6.92 Å². The molecule has 0 aromatic carbocycles. The van der Waals surface area contributed by atoms with Crippen molar-refractivity contribution in [3.63, 3.8) is 0 Å². The molecule has 12 heteroatoms. The van der Waals surface area contributed by atoms with E-state index in [1.54, 1.807) is 45.4 Å². The number of piperidine rings is 1. The molecule has 1 fully saturated rings. The predicted molar refractivity (Wildman–Crippen MR) is 147 cm³/mol. The number of fused-ring (bicyclic) bond motifs is 1. The topological polar surface area (TPSA) is 146 Å². The zero-order chi connectivity index (χ0) is 27.4. The van der Waals surface area contributed by atoms with Crippen LogP contribution in [-0.4, -0.2) is 57.9 Å². The van der Waals surface area contributed by atoms with Gasteiger partial charge in [-0.15, -0.1) is 11.3 Å². The first-order valence-electron chi connectivity index (χ1n) is 12.4. The van der Waals surface area contributed by atoms with Gasteiger partial charge in [-0.25, -0.2) is 9.59 Å². The summed E-state index contributed by atoms with van der Waals surface area (Å²) < 4.78 is 6.18. The van der Waals surface area contributed by atoms with Gasteiger partial charge < -0.3 is 25.4 Å². The Morgan fingerprint density at radius 3 is 2.74 bits per heavy atom. The van der Waals surface area contributed by atoms with Crippen molar-refractivity contribution in [1.29, 1.82) is 0 Å². The minimum atomic E-state index is -1.06. The van der Waals surface area contributed by atoms with Crippen molar-refractivity contribution in [2.24, 2.45) is 0 Å². The van der Waals surface area contributed by atoms with Crippen molar-refractivity contribution < 1.29 is 24.2 Å². The SMILES string of the molecule is CCc1cnc2c(C(=O)Nc3cnccc3N3CCC[C@H](NC(=O)O)C3)c(NC(=O)OC(C)(C)C)sc2c1. The van der Waals surface area contributed by atoms with Crippen molar-refractivity contribution in [3.05, 3.63) is 41.9 Å². The second-order valence-corrected chi connectivity index (χ2v) is 11.1. The molecule has 4 heterocycles. The molecular formula is C26H32N6O5S. The number of carbonyl (C=O) groups excluding carboxylic acids is 2. The van der Waals surface area contributed by atoms with Gasteiger partial charge in [-0.05, 0) is 57.7 Å². The summed E-state index contributed by atoms with van der Waals surface area (Å²) in [6.07, 6.45) is 5.49. The number of hydrogen-bond acceptors (Lipinski definition) is 8. The molecule has 11 nitrogen and oxygen atoms in total. The highest BCUT2D eigenvalue weighted by Gasteiger charge is 2.27. The first-order valence-corrected chi connectivity index (χ1v) is 13.3. The molecule has 4 rings (SSSR count). The van der Waals surface area contributed by atoms with Crippen LogP contribution in [0.25, 0.3) is 10.2 Å². The van der Waals surface area contributed by atoms with Gasteiger partial charge in [0.1, 0.15) is 16.2 Å². The summed E-state index contributed by atoms with van der Waals surface area (Å²) in [5.74, 6) is -0.453. The number of ether oxygens (including phenoxy) is 1. The van der Waals surface area contributed by atoms with Crippen LogP contribution >= 0.6 is 11.3 Å². The summed E-state index contributed by atoms with van der Waals surface area (Å²) in [5.41, 5.74) is 2.22. The number of pyridine rings is 2. The molecular weight excluding hydrogens is 508 g/mol. The molecule has 0 unspecified atom stereocenters. The Bertz CT molecular complexity index is 1350. The van der Waals surface area contributed by atoms with Crippen molar-refractivity contribution in [1.82, 2.24) is 15.3 Å². The maximum absolute atomic E-state index is 13.7. The van der Waals surface area contributed by atoms with Gasteiger partial charge in [0.15, 0.2) is 0 Å². The first-order chi connectivity index (χ1) is 18.0. The third-order valence-corrected chi connectivity index (χ3v) is 7.01. The van der Waals surface area contributed by atoms with Crippen LogP contribution in [0, 0.1) is 0 Å². The number of hydrogen-bond donors (Lipinski definition) is 4. The Labute approximate surface area is 224 Å². The number of rotatable bonds is 6. The smallest absolute Gasteiger partial charge is 0.412 e. The summed E-state index contributed by atoms with van der Waals surface area (Å²) in [6, 6.07) is 3.53. The predicted octanol–water partition coefficient (Wildman–Crippen LogP) is 5.09. The quantitative estimate of drug-likeness (QED) is 0.338. The summed E-state index contributed by atoms with van der Waals surface area (Å²) >= 11 is 1.26. The highest BCUT2D eigenvalue weighted by Crippen LogP contribution is 2.37. The summed E-state index contributed by atoms with van der Waals surface area (Å²) in [6.45, 7) is 8.49. The molecule has 1 atom stereocenters. The van der Waals surface area contributed by atoms with E-state index in [2.05, 4.69) is 25.9 Å². The highest BCUT2D eigenvalue weighted by molar-refractivity contribution is 7.23. The number of nitrogens with zero attached hydrogens (tertiary/aromatic N) is 3. The van der Waals surface area contributed by atoms with E-state index in [0.717, 1.165) is 35.2 Å². The number of anilines is 3. The zero-order valence-electron chi connectivity index (χ0n) is 21.8. The van der Waals surface area contributed by atoms with Crippen LogP contribution in [0.15, 0.2) is 30.7 Å². The third-order valence-electron chi connectivity index (χ3n) is 5.97. The molecule has 3 aromatic heterocycles. The number of carboxylic acid groups (broad SMARTS) is 1. The van der Waals surface area contributed by atoms with Gasteiger partial charge in [0, 0.05) is 31.5 Å². The van der Waals surface area contributed by atoms with Crippen molar-refractivity contribution >= 4 is 56.0 Å². The average Bonchev–Trinajstić information content (AvgIpc) is 3.19. The number of thiophene rings is 1. The highest BCUT2D eigenvalue weighted by atomic mass is 32.1. The molecule has 0 saturated carbocycles. The summed E-state index contributed by atoms with van der Waals surface area (Å²) in [7, 11) is 0. The van der Waals surface area contributed by atoms with Crippen LogP contribution in [0.4, 0.5) is 26.0 Å². The first kappa shape index (κ1) is 27.1. The van der Waals surface area contributed by atoms with Crippen LogP contribution in [0.5, 0.6) is 0 Å². The normalized spacial score (nSPS) is 15.7. The average molecular weight is 541 g/mol. The minimum absolute atomic E-state index is 0.222. The maximum atomic E-state index is 13.7. The number of carbonyl (C=O) groups is 3. The van der Waals surface area contributed by atoms with Crippen LogP contribution in [0.3, 0.4) is 0 Å². The van der Waals surface area contributed by atoms with E-state index >= 15 is 0 Å². The van der Waals surface area contributed by atoms with E-state index in [4.69, 9.17) is 9.84 Å². The molecule has 1 saturated heterocycles. The Morgan fingerprint density at radius 1 is 1.24 bits per heavy atom. The Kier molecular flexibility index (Phi) is 8.00. The van der Waals surface area contributed by atoms with Crippen molar-refractivity contribution in [3.8, 4) is 0 Å². The molecule has 1 aliphatic heterocycles. The van der Waals surface area contributed by atoms with E-state index in [-0.39, 0.29) is 11.6 Å². The molecule has 4 N–H and O–H groups in total. The molecule has 3 amide bonds. The van der Waals surface area contributed by atoms with E-state index in [0.29, 0.717) is 29.3 Å². The monoisotopic (exact) mass is 540 g/mol. The van der Waals surface area contributed by atoms with Gasteiger partial charge in [-0.2, -0.15) is 0 Å².